The molecule has 1 heterocycles. The number of aryl methyl sites for hydroxylation is 1. The van der Waals surface area contributed by atoms with E-state index in [9.17, 15) is 4.79 Å². The molecule has 1 aromatic heterocycles. The number of nitrogens with zero attached hydrogens (tertiary/aromatic N) is 2. The second-order valence-corrected chi connectivity index (χ2v) is 7.17. The van der Waals surface area contributed by atoms with Gasteiger partial charge in [-0.1, -0.05) is 31.3 Å². The van der Waals surface area contributed by atoms with E-state index in [1.165, 1.54) is 5.56 Å². The van der Waals surface area contributed by atoms with Crippen LogP contribution in [-0.4, -0.2) is 17.6 Å². The Morgan fingerprint density at radius 1 is 1.20 bits per heavy atom. The highest BCUT2D eigenvalue weighted by atomic mass is 32.1. The molecule has 0 aliphatic rings. The number of aromatic nitrogens is 1. The summed E-state index contributed by atoms with van der Waals surface area (Å²) in [5.41, 5.74) is 2.98. The number of thiazole rings is 1. The van der Waals surface area contributed by atoms with Crippen LogP contribution in [0.3, 0.4) is 0 Å². The van der Waals surface area contributed by atoms with Gasteiger partial charge in [-0.3, -0.25) is 4.79 Å². The molecule has 3 rings (SSSR count). The Labute approximate surface area is 151 Å². The van der Waals surface area contributed by atoms with E-state index in [4.69, 9.17) is 4.74 Å². The third kappa shape index (κ3) is 3.51. The lowest BCUT2D eigenvalue weighted by Crippen LogP contribution is -2.15. The summed E-state index contributed by atoms with van der Waals surface area (Å²) in [5, 5.41) is 0. The van der Waals surface area contributed by atoms with Crippen molar-refractivity contribution in [3.63, 3.8) is 0 Å². The minimum absolute atomic E-state index is 0.236. The van der Waals surface area contributed by atoms with Crippen molar-refractivity contribution < 1.29 is 9.53 Å². The minimum Gasteiger partial charge on any atom is -0.497 e. The fraction of sp³-hybridized carbons (Fsp3) is 0.300. The Balaban J connectivity index is 2.06. The molecule has 1 amide bonds. The molecule has 0 saturated carbocycles. The maximum atomic E-state index is 12.5. The van der Waals surface area contributed by atoms with Crippen LogP contribution in [0, 0.1) is 0 Å². The molecule has 0 unspecified atom stereocenters. The molecule has 0 N–H and O–H groups in total. The van der Waals surface area contributed by atoms with Crippen molar-refractivity contribution in [1.29, 1.82) is 0 Å². The van der Waals surface area contributed by atoms with Crippen LogP contribution in [0.5, 0.6) is 5.75 Å². The number of carbonyl (C=O) groups is 1. The maximum Gasteiger partial charge on any atom is 0.279 e. The first-order valence-corrected chi connectivity index (χ1v) is 9.21. The lowest BCUT2D eigenvalue weighted by atomic mass is 10.0. The zero-order valence-corrected chi connectivity index (χ0v) is 15.8. The largest absolute Gasteiger partial charge is 0.497 e. The number of hydrogen-bond donors (Lipinski definition) is 0. The van der Waals surface area contributed by atoms with E-state index >= 15 is 0 Å². The van der Waals surface area contributed by atoms with Gasteiger partial charge >= 0.3 is 0 Å². The quantitative estimate of drug-likeness (QED) is 0.687. The molecule has 0 aliphatic carbocycles. The summed E-state index contributed by atoms with van der Waals surface area (Å²) >= 11 is 1.56. The number of hydrogen-bond acceptors (Lipinski definition) is 3. The number of rotatable bonds is 4. The van der Waals surface area contributed by atoms with Gasteiger partial charge in [-0.2, -0.15) is 4.99 Å². The summed E-state index contributed by atoms with van der Waals surface area (Å²) in [6.07, 6.45) is 0. The van der Waals surface area contributed by atoms with E-state index in [-0.39, 0.29) is 5.91 Å². The van der Waals surface area contributed by atoms with E-state index < -0.39 is 0 Å². The number of methoxy groups -OCH3 is 1. The van der Waals surface area contributed by atoms with Crippen LogP contribution in [0.2, 0.25) is 0 Å². The van der Waals surface area contributed by atoms with Gasteiger partial charge in [-0.15, -0.1) is 0 Å². The van der Waals surface area contributed by atoms with Gasteiger partial charge in [0.15, 0.2) is 4.80 Å². The third-order valence-corrected chi connectivity index (χ3v) is 5.27. The molecule has 0 fully saturated rings. The van der Waals surface area contributed by atoms with E-state index in [1.807, 2.05) is 0 Å². The molecule has 25 heavy (non-hydrogen) atoms. The van der Waals surface area contributed by atoms with Crippen LogP contribution in [0.1, 0.15) is 42.6 Å². The number of fused-ring (bicyclic) bond motifs is 1. The second-order valence-electron chi connectivity index (χ2n) is 6.16. The van der Waals surface area contributed by atoms with Gasteiger partial charge in [0.1, 0.15) is 5.75 Å². The number of carbonyl (C=O) groups excluding carboxylic acids is 1. The fourth-order valence-corrected chi connectivity index (χ4v) is 3.87. The Hall–Kier alpha value is -2.40. The molecule has 5 heteroatoms. The standard InChI is InChI=1S/C20H22N2O2S/c1-5-22-17-11-8-15(13(2)3)12-18(17)25-20(22)21-19(23)14-6-9-16(24-4)10-7-14/h6-13H,5H2,1-4H3. The van der Waals surface area contributed by atoms with E-state index in [0.29, 0.717) is 11.5 Å². The van der Waals surface area contributed by atoms with Crippen molar-refractivity contribution in [3.05, 3.63) is 58.4 Å². The summed E-state index contributed by atoms with van der Waals surface area (Å²) in [7, 11) is 1.61. The molecular weight excluding hydrogens is 332 g/mol. The Morgan fingerprint density at radius 2 is 1.92 bits per heavy atom. The van der Waals surface area contributed by atoms with Gasteiger partial charge in [0.25, 0.3) is 5.91 Å². The van der Waals surface area contributed by atoms with E-state index in [1.54, 1.807) is 42.7 Å². The lowest BCUT2D eigenvalue weighted by molar-refractivity contribution is 0.0998. The Bertz CT molecular complexity index is 966. The first-order chi connectivity index (χ1) is 12.0. The summed E-state index contributed by atoms with van der Waals surface area (Å²) in [4.78, 5) is 17.6. The first-order valence-electron chi connectivity index (χ1n) is 8.40. The van der Waals surface area contributed by atoms with Crippen molar-refractivity contribution in [2.24, 2.45) is 4.99 Å². The molecule has 2 aromatic carbocycles. The highest BCUT2D eigenvalue weighted by Gasteiger charge is 2.10. The topological polar surface area (TPSA) is 43.6 Å². The Morgan fingerprint density at radius 3 is 2.52 bits per heavy atom. The Kier molecular flexibility index (Phi) is 5.04. The zero-order chi connectivity index (χ0) is 18.0. The highest BCUT2D eigenvalue weighted by molar-refractivity contribution is 7.16. The van der Waals surface area contributed by atoms with Crippen LogP contribution >= 0.6 is 11.3 Å². The monoisotopic (exact) mass is 354 g/mol. The molecule has 4 nitrogen and oxygen atoms in total. The maximum absolute atomic E-state index is 12.5. The van der Waals surface area contributed by atoms with E-state index in [2.05, 4.69) is 48.5 Å². The van der Waals surface area contributed by atoms with Crippen LogP contribution in [0.25, 0.3) is 10.2 Å². The molecule has 3 aromatic rings. The van der Waals surface area contributed by atoms with Crippen LogP contribution in [0.4, 0.5) is 0 Å². The molecule has 0 atom stereocenters. The van der Waals surface area contributed by atoms with Crippen molar-refractivity contribution >= 4 is 27.5 Å². The third-order valence-electron chi connectivity index (χ3n) is 4.22. The number of benzene rings is 2. The summed E-state index contributed by atoms with van der Waals surface area (Å²) < 4.78 is 8.38. The second kappa shape index (κ2) is 7.23. The van der Waals surface area contributed by atoms with Crippen LogP contribution in [0.15, 0.2) is 47.5 Å². The number of amides is 1. The minimum atomic E-state index is -0.236. The van der Waals surface area contributed by atoms with Gasteiger partial charge < -0.3 is 9.30 Å². The van der Waals surface area contributed by atoms with Crippen molar-refractivity contribution in [2.45, 2.75) is 33.2 Å². The van der Waals surface area contributed by atoms with Gasteiger partial charge in [-0.25, -0.2) is 0 Å². The average Bonchev–Trinajstić information content (AvgIpc) is 2.97. The molecule has 0 spiro atoms. The van der Waals surface area contributed by atoms with Crippen LogP contribution in [-0.2, 0) is 6.54 Å². The first kappa shape index (κ1) is 17.4. The predicted octanol–water partition coefficient (Wildman–Crippen LogP) is 4.60. The lowest BCUT2D eigenvalue weighted by Gasteiger charge is -2.05. The van der Waals surface area contributed by atoms with Gasteiger partial charge in [-0.05, 0) is 54.8 Å². The van der Waals surface area contributed by atoms with E-state index in [0.717, 1.165) is 27.3 Å². The summed E-state index contributed by atoms with van der Waals surface area (Å²) in [5.74, 6) is 0.964. The molecule has 0 radical (unpaired) electrons. The van der Waals surface area contributed by atoms with Crippen molar-refractivity contribution in [2.75, 3.05) is 7.11 Å². The zero-order valence-electron chi connectivity index (χ0n) is 14.9. The predicted molar refractivity (Wildman–Crippen MR) is 102 cm³/mol. The van der Waals surface area contributed by atoms with Gasteiger partial charge in [0.05, 0.1) is 17.3 Å². The summed E-state index contributed by atoms with van der Waals surface area (Å²) in [6.45, 7) is 7.21. The smallest absolute Gasteiger partial charge is 0.279 e. The molecule has 130 valence electrons. The molecular formula is C20H22N2O2S. The van der Waals surface area contributed by atoms with Crippen molar-refractivity contribution in [3.8, 4) is 5.75 Å². The highest BCUT2D eigenvalue weighted by Crippen LogP contribution is 2.23. The molecule has 0 aliphatic heterocycles. The van der Waals surface area contributed by atoms with Gasteiger partial charge in [0, 0.05) is 12.1 Å². The molecule has 0 bridgehead atoms. The van der Waals surface area contributed by atoms with Gasteiger partial charge in [0.2, 0.25) is 0 Å². The molecule has 0 saturated heterocycles. The average molecular weight is 354 g/mol. The summed E-state index contributed by atoms with van der Waals surface area (Å²) in [6, 6.07) is 13.5. The normalized spacial score (nSPS) is 12.1. The van der Waals surface area contributed by atoms with Crippen molar-refractivity contribution in [1.82, 2.24) is 4.57 Å². The number of ether oxygens (including phenoxy) is 1. The SMILES string of the molecule is CCn1c(=NC(=O)c2ccc(OC)cc2)sc2cc(C(C)C)ccc21. The van der Waals surface area contributed by atoms with Crippen LogP contribution < -0.4 is 9.54 Å². The fourth-order valence-electron chi connectivity index (χ4n) is 2.72.